The molecular formula is C35H34O6. The number of aryl methyl sites for hydroxylation is 2. The molecule has 0 N–H and O–H groups in total. The first-order valence-corrected chi connectivity index (χ1v) is 13.4. The number of hydrogen-bond acceptors (Lipinski definition) is 6. The molecule has 0 bridgehead atoms. The second-order valence-corrected chi connectivity index (χ2v) is 10.6. The van der Waals surface area contributed by atoms with E-state index in [0.29, 0.717) is 12.2 Å². The van der Waals surface area contributed by atoms with Gasteiger partial charge in [-0.1, -0.05) is 62.2 Å². The molecule has 0 heterocycles. The van der Waals surface area contributed by atoms with Crippen LogP contribution in [0.1, 0.15) is 49.8 Å². The molecule has 1 aliphatic rings. The molecule has 1 unspecified atom stereocenters. The fourth-order valence-corrected chi connectivity index (χ4v) is 4.74. The van der Waals surface area contributed by atoms with Crippen molar-refractivity contribution >= 4 is 17.9 Å². The summed E-state index contributed by atoms with van der Waals surface area (Å²) in [5.74, 6) is -1.15. The van der Waals surface area contributed by atoms with Gasteiger partial charge in [0.05, 0.1) is 6.61 Å². The fourth-order valence-electron chi connectivity index (χ4n) is 4.74. The molecule has 1 aliphatic carbocycles. The van der Waals surface area contributed by atoms with E-state index in [1.165, 1.54) is 11.1 Å². The zero-order valence-electron chi connectivity index (χ0n) is 24.0. The minimum atomic E-state index is -0.617. The van der Waals surface area contributed by atoms with Crippen LogP contribution in [0.2, 0.25) is 0 Å². The zero-order valence-corrected chi connectivity index (χ0v) is 24.0. The Hall–Kier alpha value is -4.71. The van der Waals surface area contributed by atoms with Crippen LogP contribution in [0.25, 0.3) is 22.3 Å². The SMILES string of the molecule is C=C(C)C(=O)OCC1CCc2cc(-c3ccc(-c4ccc(OC(=O)C(=C)C)c(OC(=O)C(=C)C)c4)cc3C)ccc21. The molecule has 3 aromatic carbocycles. The number of fused-ring (bicyclic) bond motifs is 1. The average molecular weight is 551 g/mol. The van der Waals surface area contributed by atoms with Crippen molar-refractivity contribution in [1.82, 2.24) is 0 Å². The summed E-state index contributed by atoms with van der Waals surface area (Å²) in [6.07, 6.45) is 1.87. The van der Waals surface area contributed by atoms with Crippen LogP contribution < -0.4 is 9.47 Å². The second kappa shape index (κ2) is 12.2. The maximum absolute atomic E-state index is 12.3. The molecule has 6 nitrogen and oxygen atoms in total. The first-order valence-electron chi connectivity index (χ1n) is 13.4. The van der Waals surface area contributed by atoms with Gasteiger partial charge < -0.3 is 14.2 Å². The fraction of sp³-hybridized carbons (Fsp3) is 0.229. The zero-order chi connectivity index (χ0) is 29.8. The van der Waals surface area contributed by atoms with Crippen LogP contribution in [-0.4, -0.2) is 24.5 Å². The van der Waals surface area contributed by atoms with Gasteiger partial charge in [0.1, 0.15) is 0 Å². The maximum atomic E-state index is 12.3. The number of carbonyl (C=O) groups excluding carboxylic acids is 3. The predicted molar refractivity (Wildman–Crippen MR) is 160 cm³/mol. The van der Waals surface area contributed by atoms with Gasteiger partial charge in [-0.15, -0.1) is 0 Å². The summed E-state index contributed by atoms with van der Waals surface area (Å²) in [5, 5.41) is 0. The van der Waals surface area contributed by atoms with Crippen LogP contribution >= 0.6 is 0 Å². The van der Waals surface area contributed by atoms with Gasteiger partial charge in [-0.2, -0.15) is 0 Å². The quantitative estimate of drug-likeness (QED) is 0.157. The van der Waals surface area contributed by atoms with Crippen LogP contribution in [0.5, 0.6) is 11.5 Å². The Morgan fingerprint density at radius 1 is 0.732 bits per heavy atom. The molecule has 1 atom stereocenters. The van der Waals surface area contributed by atoms with Gasteiger partial charge in [-0.25, -0.2) is 14.4 Å². The first kappa shape index (κ1) is 29.3. The van der Waals surface area contributed by atoms with Crippen LogP contribution in [-0.2, 0) is 25.5 Å². The Labute approximate surface area is 241 Å². The van der Waals surface area contributed by atoms with Crippen molar-refractivity contribution in [1.29, 1.82) is 0 Å². The summed E-state index contributed by atoms with van der Waals surface area (Å²) < 4.78 is 16.3. The minimum Gasteiger partial charge on any atom is -0.462 e. The van der Waals surface area contributed by atoms with Gasteiger partial charge in [0.2, 0.25) is 0 Å². The van der Waals surface area contributed by atoms with Gasteiger partial charge in [0, 0.05) is 22.6 Å². The molecule has 6 heteroatoms. The van der Waals surface area contributed by atoms with Crippen molar-refractivity contribution in [2.24, 2.45) is 0 Å². The summed E-state index contributed by atoms with van der Waals surface area (Å²) >= 11 is 0. The molecule has 0 spiro atoms. The van der Waals surface area contributed by atoms with Crippen molar-refractivity contribution in [3.63, 3.8) is 0 Å². The van der Waals surface area contributed by atoms with E-state index >= 15 is 0 Å². The van der Waals surface area contributed by atoms with E-state index in [-0.39, 0.29) is 34.5 Å². The molecular weight excluding hydrogens is 516 g/mol. The minimum absolute atomic E-state index is 0.119. The molecule has 4 rings (SSSR count). The van der Waals surface area contributed by atoms with Crippen LogP contribution in [0, 0.1) is 6.92 Å². The Morgan fingerprint density at radius 3 is 1.95 bits per heavy atom. The topological polar surface area (TPSA) is 78.9 Å². The van der Waals surface area contributed by atoms with E-state index in [1.807, 2.05) is 12.1 Å². The molecule has 0 saturated carbocycles. The lowest BCUT2D eigenvalue weighted by Gasteiger charge is -2.15. The molecule has 41 heavy (non-hydrogen) atoms. The van der Waals surface area contributed by atoms with Gasteiger partial charge in [0.15, 0.2) is 11.5 Å². The summed E-state index contributed by atoms with van der Waals surface area (Å²) in [6.45, 7) is 18.0. The van der Waals surface area contributed by atoms with Crippen molar-refractivity contribution < 1.29 is 28.6 Å². The Bertz CT molecular complexity index is 1590. The molecule has 0 saturated heterocycles. The highest BCUT2D eigenvalue weighted by atomic mass is 16.6. The molecule has 0 amide bonds. The molecule has 0 radical (unpaired) electrons. The van der Waals surface area contributed by atoms with E-state index < -0.39 is 11.9 Å². The highest BCUT2D eigenvalue weighted by Gasteiger charge is 2.24. The molecule has 3 aromatic rings. The number of esters is 3. The van der Waals surface area contributed by atoms with Gasteiger partial charge in [0.25, 0.3) is 0 Å². The van der Waals surface area contributed by atoms with E-state index in [4.69, 9.17) is 14.2 Å². The largest absolute Gasteiger partial charge is 0.462 e. The monoisotopic (exact) mass is 550 g/mol. The second-order valence-electron chi connectivity index (χ2n) is 10.6. The van der Waals surface area contributed by atoms with E-state index in [1.54, 1.807) is 32.9 Å². The lowest BCUT2D eigenvalue weighted by atomic mass is 9.93. The van der Waals surface area contributed by atoms with Crippen LogP contribution in [0.4, 0.5) is 0 Å². The Kier molecular flexibility index (Phi) is 8.72. The lowest BCUT2D eigenvalue weighted by Crippen LogP contribution is -2.12. The Morgan fingerprint density at radius 2 is 1.32 bits per heavy atom. The lowest BCUT2D eigenvalue weighted by molar-refractivity contribution is -0.139. The third-order valence-electron chi connectivity index (χ3n) is 7.03. The summed E-state index contributed by atoms with van der Waals surface area (Å²) in [7, 11) is 0. The standard InChI is InChI=1S/C35H34O6/c1-20(2)33(36)39-19-28-9-8-27-17-26(11-14-30(27)28)29-13-10-24(16-23(29)7)25-12-15-31(40-34(37)21(3)4)32(18-25)41-35(38)22(5)6/h10-18,28H,1,3,5,8-9,19H2,2,4,6-7H3. The molecule has 210 valence electrons. The van der Waals surface area contributed by atoms with E-state index in [2.05, 4.69) is 57.0 Å². The number of ether oxygens (including phenoxy) is 3. The number of hydrogen-bond donors (Lipinski definition) is 0. The third kappa shape index (κ3) is 6.72. The van der Waals surface area contributed by atoms with Crippen LogP contribution in [0.3, 0.4) is 0 Å². The molecule has 0 fully saturated rings. The van der Waals surface area contributed by atoms with Gasteiger partial charge >= 0.3 is 17.9 Å². The van der Waals surface area contributed by atoms with Crippen molar-refractivity contribution in [3.05, 3.63) is 108 Å². The average Bonchev–Trinajstić information content (AvgIpc) is 3.34. The maximum Gasteiger partial charge on any atom is 0.338 e. The summed E-state index contributed by atoms with van der Waals surface area (Å²) in [5.41, 5.74) is 8.35. The Balaban J connectivity index is 1.59. The number of benzene rings is 3. The van der Waals surface area contributed by atoms with Gasteiger partial charge in [-0.05, 0) is 91.6 Å². The number of carbonyl (C=O) groups is 3. The van der Waals surface area contributed by atoms with Crippen molar-refractivity contribution in [3.8, 4) is 33.8 Å². The summed E-state index contributed by atoms with van der Waals surface area (Å²) in [4.78, 5) is 36.2. The highest BCUT2D eigenvalue weighted by Crippen LogP contribution is 2.38. The normalized spacial score (nSPS) is 13.6. The summed E-state index contributed by atoms with van der Waals surface area (Å²) in [6, 6.07) is 17.7. The number of rotatable bonds is 9. The van der Waals surface area contributed by atoms with Gasteiger partial charge in [-0.3, -0.25) is 0 Å². The van der Waals surface area contributed by atoms with Crippen LogP contribution in [0.15, 0.2) is 91.1 Å². The van der Waals surface area contributed by atoms with Crippen molar-refractivity contribution in [2.75, 3.05) is 6.61 Å². The van der Waals surface area contributed by atoms with Crippen molar-refractivity contribution in [2.45, 2.75) is 46.5 Å². The van der Waals surface area contributed by atoms with E-state index in [0.717, 1.165) is 40.7 Å². The predicted octanol–water partition coefficient (Wildman–Crippen LogP) is 7.44. The smallest absolute Gasteiger partial charge is 0.338 e. The third-order valence-corrected chi connectivity index (χ3v) is 7.03. The van der Waals surface area contributed by atoms with E-state index in [9.17, 15) is 14.4 Å². The first-order chi connectivity index (χ1) is 19.4. The molecule has 0 aliphatic heterocycles. The molecule has 0 aromatic heterocycles. The highest BCUT2D eigenvalue weighted by molar-refractivity contribution is 5.91.